The Balaban J connectivity index is 1.87. The summed E-state index contributed by atoms with van der Waals surface area (Å²) in [6.07, 6.45) is -3.89. The van der Waals surface area contributed by atoms with Crippen LogP contribution in [0.25, 0.3) is 0 Å². The van der Waals surface area contributed by atoms with E-state index >= 15 is 0 Å². The van der Waals surface area contributed by atoms with Crippen molar-refractivity contribution in [2.45, 2.75) is 44.7 Å². The summed E-state index contributed by atoms with van der Waals surface area (Å²) in [7, 11) is 0. The minimum Gasteiger partial charge on any atom is -0.429 e. The zero-order valence-electron chi connectivity index (χ0n) is 15.7. The zero-order valence-corrected chi connectivity index (χ0v) is 15.7. The Labute approximate surface area is 167 Å². The highest BCUT2D eigenvalue weighted by Gasteiger charge is 2.42. The van der Waals surface area contributed by atoms with Gasteiger partial charge in [0, 0.05) is 17.7 Å². The number of halogens is 7. The number of ether oxygens (including phenoxy) is 3. The Hall–Kier alpha value is -2.33. The first kappa shape index (κ1) is 22.4. The maximum absolute atomic E-state index is 14.4. The number of rotatable bonds is 6. The highest BCUT2D eigenvalue weighted by Crippen LogP contribution is 2.38. The number of hydrogen-bond acceptors (Lipinski definition) is 3. The topological polar surface area (TPSA) is 27.7 Å². The van der Waals surface area contributed by atoms with Gasteiger partial charge in [0.15, 0.2) is 23.7 Å². The molecule has 0 bridgehead atoms. The van der Waals surface area contributed by atoms with E-state index in [4.69, 9.17) is 9.47 Å². The Kier molecular flexibility index (Phi) is 6.56. The first-order chi connectivity index (χ1) is 14.1. The fourth-order valence-corrected chi connectivity index (χ4v) is 3.09. The molecule has 0 aromatic heterocycles. The molecule has 1 fully saturated rings. The normalized spacial score (nSPS) is 19.7. The third kappa shape index (κ3) is 4.70. The van der Waals surface area contributed by atoms with Crippen LogP contribution in [0.2, 0.25) is 0 Å². The van der Waals surface area contributed by atoms with Gasteiger partial charge < -0.3 is 14.2 Å². The molecular formula is C20H17F7O3. The fourth-order valence-electron chi connectivity index (χ4n) is 3.09. The van der Waals surface area contributed by atoms with E-state index in [1.54, 1.807) is 0 Å². The van der Waals surface area contributed by atoms with E-state index in [0.717, 1.165) is 6.42 Å². The average molecular weight is 438 g/mol. The van der Waals surface area contributed by atoms with Crippen molar-refractivity contribution in [3.8, 4) is 5.75 Å². The zero-order chi connectivity index (χ0) is 22.1. The van der Waals surface area contributed by atoms with Gasteiger partial charge in [-0.1, -0.05) is 13.3 Å². The van der Waals surface area contributed by atoms with Crippen molar-refractivity contribution in [1.82, 2.24) is 0 Å². The summed E-state index contributed by atoms with van der Waals surface area (Å²) >= 11 is 0. The van der Waals surface area contributed by atoms with Crippen LogP contribution in [0.1, 0.15) is 43.6 Å². The summed E-state index contributed by atoms with van der Waals surface area (Å²) in [6.45, 7) is 2.20. The summed E-state index contributed by atoms with van der Waals surface area (Å²) in [4.78, 5) is 0. The molecule has 0 N–H and O–H groups in total. The van der Waals surface area contributed by atoms with Gasteiger partial charge in [-0.15, -0.1) is 0 Å². The lowest BCUT2D eigenvalue weighted by Crippen LogP contribution is -2.28. The summed E-state index contributed by atoms with van der Waals surface area (Å²) < 4.78 is 112. The number of alkyl halides is 2. The second-order valence-corrected chi connectivity index (χ2v) is 6.72. The number of hydrogen-bond donors (Lipinski definition) is 0. The molecule has 3 rings (SSSR count). The van der Waals surface area contributed by atoms with Crippen LogP contribution in [-0.4, -0.2) is 12.7 Å². The Bertz CT molecular complexity index is 871. The van der Waals surface area contributed by atoms with Gasteiger partial charge in [0.05, 0.1) is 12.7 Å². The number of benzene rings is 2. The molecule has 0 radical (unpaired) electrons. The molecule has 2 aromatic carbocycles. The van der Waals surface area contributed by atoms with Crippen molar-refractivity contribution in [2.24, 2.45) is 0 Å². The van der Waals surface area contributed by atoms with Gasteiger partial charge in [-0.3, -0.25) is 0 Å². The summed E-state index contributed by atoms with van der Waals surface area (Å²) in [5.74, 6) is -10.0. The molecule has 1 heterocycles. The molecule has 1 aliphatic heterocycles. The van der Waals surface area contributed by atoms with E-state index in [9.17, 15) is 30.7 Å². The molecule has 0 amide bonds. The van der Waals surface area contributed by atoms with E-state index in [0.29, 0.717) is 25.0 Å². The maximum atomic E-state index is 14.4. The molecule has 30 heavy (non-hydrogen) atoms. The van der Waals surface area contributed by atoms with Crippen LogP contribution in [0.5, 0.6) is 5.75 Å². The lowest BCUT2D eigenvalue weighted by molar-refractivity contribution is -0.218. The predicted molar refractivity (Wildman–Crippen MR) is 90.3 cm³/mol. The standard InChI is InChI=1S/C20H17F7O3/c1-2-3-11-4-5-28-19(29-11)10-6-13(21)17(14(22)7-10)20(26,27)30-12-8-15(23)18(25)16(24)9-12/h6-9,11,19H,2-5H2,1H3/t11-,19-/m0/s1. The first-order valence-electron chi connectivity index (χ1n) is 9.10. The lowest BCUT2D eigenvalue weighted by Gasteiger charge is -2.30. The maximum Gasteiger partial charge on any atom is 0.432 e. The van der Waals surface area contributed by atoms with Crippen molar-refractivity contribution in [1.29, 1.82) is 0 Å². The summed E-state index contributed by atoms with van der Waals surface area (Å²) in [5.41, 5.74) is -1.93. The van der Waals surface area contributed by atoms with E-state index in [1.165, 1.54) is 0 Å². The Morgan fingerprint density at radius 3 is 2.13 bits per heavy atom. The van der Waals surface area contributed by atoms with Crippen LogP contribution in [-0.2, 0) is 15.6 Å². The molecule has 0 spiro atoms. The lowest BCUT2D eigenvalue weighted by atomic mass is 10.1. The quantitative estimate of drug-likeness (QED) is 0.402. The van der Waals surface area contributed by atoms with E-state index in [2.05, 4.69) is 4.74 Å². The predicted octanol–water partition coefficient (Wildman–Crippen LogP) is 6.11. The van der Waals surface area contributed by atoms with Gasteiger partial charge in [-0.2, -0.15) is 8.78 Å². The molecule has 164 valence electrons. The monoisotopic (exact) mass is 438 g/mol. The highest BCUT2D eigenvalue weighted by atomic mass is 19.3. The van der Waals surface area contributed by atoms with Crippen molar-refractivity contribution >= 4 is 0 Å². The van der Waals surface area contributed by atoms with E-state index in [1.807, 2.05) is 6.92 Å². The van der Waals surface area contributed by atoms with Crippen LogP contribution < -0.4 is 4.74 Å². The first-order valence-corrected chi connectivity index (χ1v) is 9.10. The van der Waals surface area contributed by atoms with Gasteiger partial charge in [0.2, 0.25) is 0 Å². The van der Waals surface area contributed by atoms with Gasteiger partial charge >= 0.3 is 6.11 Å². The van der Waals surface area contributed by atoms with Crippen LogP contribution in [0, 0.1) is 29.1 Å². The molecule has 0 unspecified atom stereocenters. The van der Waals surface area contributed by atoms with Gasteiger partial charge in [0.1, 0.15) is 22.9 Å². The van der Waals surface area contributed by atoms with Crippen LogP contribution in [0.4, 0.5) is 30.7 Å². The molecule has 2 atom stereocenters. The third-order valence-electron chi connectivity index (χ3n) is 4.47. The molecular weight excluding hydrogens is 421 g/mol. The summed E-state index contributed by atoms with van der Waals surface area (Å²) in [6, 6.07) is 1.49. The second-order valence-electron chi connectivity index (χ2n) is 6.72. The van der Waals surface area contributed by atoms with Crippen LogP contribution >= 0.6 is 0 Å². The Morgan fingerprint density at radius 2 is 1.57 bits per heavy atom. The average Bonchev–Trinajstić information content (AvgIpc) is 2.65. The van der Waals surface area contributed by atoms with Gasteiger partial charge in [-0.05, 0) is 25.0 Å². The fraction of sp³-hybridized carbons (Fsp3) is 0.400. The minimum absolute atomic E-state index is 0.133. The molecule has 0 saturated carbocycles. The molecule has 1 saturated heterocycles. The van der Waals surface area contributed by atoms with Crippen molar-refractivity contribution in [2.75, 3.05) is 6.61 Å². The largest absolute Gasteiger partial charge is 0.432 e. The van der Waals surface area contributed by atoms with Gasteiger partial charge in [0.25, 0.3) is 0 Å². The Morgan fingerprint density at radius 1 is 0.967 bits per heavy atom. The SMILES string of the molecule is CCC[C@H]1CCO[C@H](c2cc(F)c(C(F)(F)Oc3cc(F)c(F)c(F)c3)c(F)c2)O1. The molecule has 3 nitrogen and oxygen atoms in total. The minimum atomic E-state index is -4.65. The van der Waals surface area contributed by atoms with Gasteiger partial charge in [-0.25, -0.2) is 22.0 Å². The smallest absolute Gasteiger partial charge is 0.429 e. The third-order valence-corrected chi connectivity index (χ3v) is 4.47. The summed E-state index contributed by atoms with van der Waals surface area (Å²) in [5, 5.41) is 0. The van der Waals surface area contributed by atoms with E-state index < -0.39 is 52.8 Å². The molecule has 10 heteroatoms. The van der Waals surface area contributed by atoms with Crippen LogP contribution in [0.3, 0.4) is 0 Å². The molecule has 0 aliphatic carbocycles. The van der Waals surface area contributed by atoms with E-state index in [-0.39, 0.29) is 30.4 Å². The molecule has 2 aromatic rings. The van der Waals surface area contributed by atoms with Crippen LogP contribution in [0.15, 0.2) is 24.3 Å². The molecule has 1 aliphatic rings. The second kappa shape index (κ2) is 8.81. The van der Waals surface area contributed by atoms with Crippen molar-refractivity contribution in [3.63, 3.8) is 0 Å². The van der Waals surface area contributed by atoms with Crippen molar-refractivity contribution < 1.29 is 44.9 Å². The highest BCUT2D eigenvalue weighted by molar-refractivity contribution is 5.32. The van der Waals surface area contributed by atoms with Crippen molar-refractivity contribution in [3.05, 3.63) is 64.5 Å².